The highest BCUT2D eigenvalue weighted by molar-refractivity contribution is 5.89. The SMILES string of the molecule is COC(=O)c1cnc(CN)c(C(F)F)c1. The molecule has 0 aromatic carbocycles. The molecule has 0 unspecified atom stereocenters. The Morgan fingerprint density at radius 1 is 1.67 bits per heavy atom. The van der Waals surface area contributed by atoms with E-state index >= 15 is 0 Å². The van der Waals surface area contributed by atoms with Crippen LogP contribution in [-0.4, -0.2) is 18.1 Å². The Hall–Kier alpha value is -1.56. The van der Waals surface area contributed by atoms with Crippen LogP contribution >= 0.6 is 0 Å². The minimum absolute atomic E-state index is 0.00926. The topological polar surface area (TPSA) is 65.2 Å². The summed E-state index contributed by atoms with van der Waals surface area (Å²) in [7, 11) is 1.17. The summed E-state index contributed by atoms with van der Waals surface area (Å²) in [5.41, 5.74) is 4.97. The summed E-state index contributed by atoms with van der Waals surface area (Å²) < 4.78 is 29.4. The molecule has 0 saturated heterocycles. The maximum absolute atomic E-state index is 12.5. The number of pyridine rings is 1. The van der Waals surface area contributed by atoms with Crippen LogP contribution in [0.1, 0.15) is 28.0 Å². The molecule has 0 spiro atoms. The molecule has 0 bridgehead atoms. The highest BCUT2D eigenvalue weighted by Crippen LogP contribution is 2.22. The second-order valence-electron chi connectivity index (χ2n) is 2.76. The first-order chi connectivity index (χ1) is 7.10. The van der Waals surface area contributed by atoms with Gasteiger partial charge in [0.15, 0.2) is 0 Å². The minimum Gasteiger partial charge on any atom is -0.465 e. The number of hydrogen-bond acceptors (Lipinski definition) is 4. The molecule has 6 heteroatoms. The lowest BCUT2D eigenvalue weighted by molar-refractivity contribution is 0.0599. The average Bonchev–Trinajstić information content (AvgIpc) is 2.27. The smallest absolute Gasteiger partial charge is 0.339 e. The van der Waals surface area contributed by atoms with E-state index in [0.29, 0.717) is 0 Å². The molecule has 1 heterocycles. The molecule has 15 heavy (non-hydrogen) atoms. The predicted octanol–water partition coefficient (Wildman–Crippen LogP) is 1.26. The number of alkyl halides is 2. The van der Waals surface area contributed by atoms with Crippen molar-refractivity contribution in [2.45, 2.75) is 13.0 Å². The molecule has 0 fully saturated rings. The number of nitrogens with zero attached hydrogens (tertiary/aromatic N) is 1. The van der Waals surface area contributed by atoms with Gasteiger partial charge in [-0.15, -0.1) is 0 Å². The number of aromatic nitrogens is 1. The molecular formula is C9H10F2N2O2. The molecule has 1 aromatic heterocycles. The van der Waals surface area contributed by atoms with Gasteiger partial charge in [0, 0.05) is 18.3 Å². The van der Waals surface area contributed by atoms with Crippen LogP contribution in [0.15, 0.2) is 12.3 Å². The zero-order valence-corrected chi connectivity index (χ0v) is 8.04. The minimum atomic E-state index is -2.71. The zero-order valence-electron chi connectivity index (χ0n) is 8.04. The molecular weight excluding hydrogens is 206 g/mol. The van der Waals surface area contributed by atoms with Crippen LogP contribution in [0.25, 0.3) is 0 Å². The molecule has 0 aliphatic carbocycles. The van der Waals surface area contributed by atoms with Crippen LogP contribution in [0.2, 0.25) is 0 Å². The quantitative estimate of drug-likeness (QED) is 0.772. The Morgan fingerprint density at radius 2 is 2.33 bits per heavy atom. The molecule has 1 rings (SSSR count). The van der Waals surface area contributed by atoms with Crippen molar-refractivity contribution in [3.05, 3.63) is 29.1 Å². The van der Waals surface area contributed by atoms with Gasteiger partial charge in [-0.05, 0) is 6.07 Å². The highest BCUT2D eigenvalue weighted by atomic mass is 19.3. The van der Waals surface area contributed by atoms with Crippen LogP contribution < -0.4 is 5.73 Å². The summed E-state index contributed by atoms with van der Waals surface area (Å²) in [6.45, 7) is -0.0961. The van der Waals surface area contributed by atoms with Crippen LogP contribution in [0.3, 0.4) is 0 Å². The summed E-state index contributed by atoms with van der Waals surface area (Å²) >= 11 is 0. The van der Waals surface area contributed by atoms with Crippen LogP contribution in [0.4, 0.5) is 8.78 Å². The van der Waals surface area contributed by atoms with Crippen LogP contribution in [0.5, 0.6) is 0 Å². The zero-order chi connectivity index (χ0) is 11.4. The average molecular weight is 216 g/mol. The van der Waals surface area contributed by atoms with Crippen LogP contribution in [-0.2, 0) is 11.3 Å². The molecule has 2 N–H and O–H groups in total. The fourth-order valence-corrected chi connectivity index (χ4v) is 1.10. The van der Waals surface area contributed by atoms with Gasteiger partial charge in [-0.3, -0.25) is 4.98 Å². The summed E-state index contributed by atoms with van der Waals surface area (Å²) in [6.07, 6.45) is -1.54. The van der Waals surface area contributed by atoms with Crippen molar-refractivity contribution in [3.8, 4) is 0 Å². The van der Waals surface area contributed by atoms with E-state index in [2.05, 4.69) is 9.72 Å². The molecule has 0 atom stereocenters. The molecule has 82 valence electrons. The summed E-state index contributed by atoms with van der Waals surface area (Å²) in [5, 5.41) is 0. The van der Waals surface area contributed by atoms with Crippen molar-refractivity contribution in [3.63, 3.8) is 0 Å². The maximum atomic E-state index is 12.5. The fraction of sp³-hybridized carbons (Fsp3) is 0.333. The van der Waals surface area contributed by atoms with E-state index in [-0.39, 0.29) is 23.4 Å². The van der Waals surface area contributed by atoms with Crippen molar-refractivity contribution in [2.75, 3.05) is 7.11 Å². The van der Waals surface area contributed by atoms with E-state index in [1.165, 1.54) is 13.3 Å². The van der Waals surface area contributed by atoms with E-state index in [0.717, 1.165) is 6.07 Å². The van der Waals surface area contributed by atoms with Gasteiger partial charge in [-0.25, -0.2) is 13.6 Å². The number of ether oxygens (including phenoxy) is 1. The summed E-state index contributed by atoms with van der Waals surface area (Å²) in [5.74, 6) is -0.701. The Bertz CT molecular complexity index is 369. The third-order valence-electron chi connectivity index (χ3n) is 1.85. The number of halogens is 2. The molecule has 0 aliphatic heterocycles. The lowest BCUT2D eigenvalue weighted by atomic mass is 10.1. The van der Waals surface area contributed by atoms with Crippen molar-refractivity contribution >= 4 is 5.97 Å². The van der Waals surface area contributed by atoms with Crippen molar-refractivity contribution in [1.82, 2.24) is 4.98 Å². The Morgan fingerprint density at radius 3 is 2.80 bits per heavy atom. The third-order valence-corrected chi connectivity index (χ3v) is 1.85. The Balaban J connectivity index is 3.16. The van der Waals surface area contributed by atoms with Gasteiger partial charge in [0.2, 0.25) is 0 Å². The van der Waals surface area contributed by atoms with Crippen LogP contribution in [0, 0.1) is 0 Å². The number of rotatable bonds is 3. The normalized spacial score (nSPS) is 10.5. The fourth-order valence-electron chi connectivity index (χ4n) is 1.10. The first-order valence-corrected chi connectivity index (χ1v) is 4.15. The van der Waals surface area contributed by atoms with E-state index < -0.39 is 12.4 Å². The van der Waals surface area contributed by atoms with E-state index in [4.69, 9.17) is 5.73 Å². The lowest BCUT2D eigenvalue weighted by Gasteiger charge is -2.07. The number of nitrogens with two attached hydrogens (primary N) is 1. The third kappa shape index (κ3) is 2.47. The summed E-state index contributed by atoms with van der Waals surface area (Å²) in [4.78, 5) is 14.7. The summed E-state index contributed by atoms with van der Waals surface area (Å²) in [6, 6.07) is 1.05. The Kier molecular flexibility index (Phi) is 3.68. The van der Waals surface area contributed by atoms with Gasteiger partial charge in [0.25, 0.3) is 6.43 Å². The monoisotopic (exact) mass is 216 g/mol. The molecule has 1 aromatic rings. The number of carbonyl (C=O) groups excluding carboxylic acids is 1. The number of methoxy groups -OCH3 is 1. The first kappa shape index (κ1) is 11.5. The van der Waals surface area contributed by atoms with E-state index in [9.17, 15) is 13.6 Å². The first-order valence-electron chi connectivity index (χ1n) is 4.15. The van der Waals surface area contributed by atoms with Gasteiger partial charge >= 0.3 is 5.97 Å². The van der Waals surface area contributed by atoms with Gasteiger partial charge < -0.3 is 10.5 Å². The Labute approximate surface area is 85.1 Å². The molecule has 4 nitrogen and oxygen atoms in total. The van der Waals surface area contributed by atoms with Crippen molar-refractivity contribution in [1.29, 1.82) is 0 Å². The second-order valence-corrected chi connectivity index (χ2v) is 2.76. The van der Waals surface area contributed by atoms with Crippen molar-refractivity contribution in [2.24, 2.45) is 5.73 Å². The largest absolute Gasteiger partial charge is 0.465 e. The molecule has 0 amide bonds. The van der Waals surface area contributed by atoms with E-state index in [1.807, 2.05) is 0 Å². The highest BCUT2D eigenvalue weighted by Gasteiger charge is 2.16. The maximum Gasteiger partial charge on any atom is 0.339 e. The lowest BCUT2D eigenvalue weighted by Crippen LogP contribution is -2.09. The predicted molar refractivity (Wildman–Crippen MR) is 48.4 cm³/mol. The van der Waals surface area contributed by atoms with Gasteiger partial charge in [0.05, 0.1) is 18.4 Å². The standard InChI is InChI=1S/C9H10F2N2O2/c1-15-9(14)5-2-6(8(10)11)7(3-12)13-4-5/h2,4,8H,3,12H2,1H3. The van der Waals surface area contributed by atoms with Gasteiger partial charge in [0.1, 0.15) is 0 Å². The van der Waals surface area contributed by atoms with Gasteiger partial charge in [-0.1, -0.05) is 0 Å². The van der Waals surface area contributed by atoms with E-state index in [1.54, 1.807) is 0 Å². The number of hydrogen-bond donors (Lipinski definition) is 1. The van der Waals surface area contributed by atoms with Crippen molar-refractivity contribution < 1.29 is 18.3 Å². The molecule has 0 saturated carbocycles. The van der Waals surface area contributed by atoms with Gasteiger partial charge in [-0.2, -0.15) is 0 Å². The number of esters is 1. The molecule has 0 aliphatic rings. The number of carbonyl (C=O) groups is 1. The molecule has 0 radical (unpaired) electrons. The second kappa shape index (κ2) is 4.79.